The van der Waals surface area contributed by atoms with Gasteiger partial charge in [-0.2, -0.15) is 4.98 Å². The maximum Gasteiger partial charge on any atom is 0.224 e. The molecule has 0 bridgehead atoms. The van der Waals surface area contributed by atoms with Gasteiger partial charge in [-0.25, -0.2) is 4.98 Å². The first-order valence-corrected chi connectivity index (χ1v) is 10.1. The second-order valence-corrected chi connectivity index (χ2v) is 7.65. The van der Waals surface area contributed by atoms with Crippen LogP contribution in [0.3, 0.4) is 0 Å². The van der Waals surface area contributed by atoms with E-state index in [4.69, 9.17) is 14.8 Å². The van der Waals surface area contributed by atoms with E-state index < -0.39 is 0 Å². The average molecular weight is 361 g/mol. The van der Waals surface area contributed by atoms with E-state index in [9.17, 15) is 0 Å². The molecule has 3 aliphatic heterocycles. The molecule has 144 valence electrons. The number of nitrogens with zero attached hydrogens (tertiary/aromatic N) is 4. The minimum atomic E-state index is 0.0800. The number of rotatable bonds is 6. The van der Waals surface area contributed by atoms with E-state index in [-0.39, 0.29) is 6.61 Å². The lowest BCUT2D eigenvalue weighted by Crippen LogP contribution is -2.44. The third-order valence-electron chi connectivity index (χ3n) is 5.92. The molecule has 1 aromatic heterocycles. The van der Waals surface area contributed by atoms with Gasteiger partial charge in [0.05, 0.1) is 18.9 Å². The van der Waals surface area contributed by atoms with Gasteiger partial charge in [0.1, 0.15) is 5.82 Å². The summed E-state index contributed by atoms with van der Waals surface area (Å²) in [5.74, 6) is 2.00. The van der Waals surface area contributed by atoms with Crippen LogP contribution in [0, 0.1) is 0 Å². The van der Waals surface area contributed by atoms with Gasteiger partial charge in [-0.3, -0.25) is 0 Å². The van der Waals surface area contributed by atoms with Crippen molar-refractivity contribution >= 4 is 11.8 Å². The third kappa shape index (κ3) is 4.10. The normalized spacial score (nSPS) is 25.1. The van der Waals surface area contributed by atoms with Crippen molar-refractivity contribution in [1.29, 1.82) is 0 Å². The number of nitrogens with one attached hydrogen (secondary N) is 1. The standard InChI is InChI=1S/C19H31N5O2/c25-11-6-20-19-21-17(15-5-12-26-14-15)13-18(22-19)24-9-3-16(4-10-24)23-7-1-2-8-23/h13,15-16,25H,1-12,14H2,(H,20,21,22)/t15-/m1/s1. The van der Waals surface area contributed by atoms with Crippen LogP contribution in [0.25, 0.3) is 0 Å². The Bertz CT molecular complexity index is 579. The molecule has 0 aliphatic carbocycles. The number of hydrogen-bond acceptors (Lipinski definition) is 7. The maximum atomic E-state index is 9.11. The minimum Gasteiger partial charge on any atom is -0.395 e. The van der Waals surface area contributed by atoms with Crippen LogP contribution < -0.4 is 10.2 Å². The monoisotopic (exact) mass is 361 g/mol. The average Bonchev–Trinajstić information content (AvgIpc) is 3.40. The number of hydrogen-bond donors (Lipinski definition) is 2. The molecule has 2 N–H and O–H groups in total. The van der Waals surface area contributed by atoms with Crippen LogP contribution in [-0.2, 0) is 4.74 Å². The van der Waals surface area contributed by atoms with Crippen molar-refractivity contribution in [2.45, 2.75) is 44.1 Å². The molecule has 3 aliphatic rings. The number of ether oxygens (including phenoxy) is 1. The molecular formula is C19H31N5O2. The summed E-state index contributed by atoms with van der Waals surface area (Å²) < 4.78 is 5.55. The van der Waals surface area contributed by atoms with Crippen molar-refractivity contribution in [3.63, 3.8) is 0 Å². The fourth-order valence-electron chi connectivity index (χ4n) is 4.41. The summed E-state index contributed by atoms with van der Waals surface area (Å²) >= 11 is 0. The fourth-order valence-corrected chi connectivity index (χ4v) is 4.41. The van der Waals surface area contributed by atoms with Gasteiger partial charge in [-0.1, -0.05) is 0 Å². The Hall–Kier alpha value is -1.44. The Labute approximate surface area is 155 Å². The summed E-state index contributed by atoms with van der Waals surface area (Å²) in [4.78, 5) is 14.5. The lowest BCUT2D eigenvalue weighted by molar-refractivity contribution is 0.193. The molecule has 7 heteroatoms. The summed E-state index contributed by atoms with van der Waals surface area (Å²) in [5.41, 5.74) is 1.06. The predicted octanol–water partition coefficient (Wildman–Crippen LogP) is 1.45. The van der Waals surface area contributed by atoms with Gasteiger partial charge < -0.3 is 25.0 Å². The van der Waals surface area contributed by atoms with E-state index in [1.807, 2.05) is 0 Å². The molecule has 26 heavy (non-hydrogen) atoms. The molecule has 0 aromatic carbocycles. The van der Waals surface area contributed by atoms with Crippen LogP contribution in [0.15, 0.2) is 6.07 Å². The fraction of sp³-hybridized carbons (Fsp3) is 0.789. The van der Waals surface area contributed by atoms with Gasteiger partial charge in [0.15, 0.2) is 0 Å². The highest BCUT2D eigenvalue weighted by Gasteiger charge is 2.28. The summed E-state index contributed by atoms with van der Waals surface area (Å²) in [6.07, 6.45) is 6.17. The minimum absolute atomic E-state index is 0.0800. The Morgan fingerprint density at radius 3 is 2.62 bits per heavy atom. The number of aliphatic hydroxyl groups is 1. The number of aromatic nitrogens is 2. The zero-order chi connectivity index (χ0) is 17.8. The van der Waals surface area contributed by atoms with Crippen LogP contribution >= 0.6 is 0 Å². The summed E-state index contributed by atoms with van der Waals surface area (Å²) in [7, 11) is 0. The Kier molecular flexibility index (Phi) is 5.87. The van der Waals surface area contributed by atoms with Crippen LogP contribution in [0.2, 0.25) is 0 Å². The molecule has 0 amide bonds. The lowest BCUT2D eigenvalue weighted by atomic mass is 10.0. The van der Waals surface area contributed by atoms with E-state index in [1.165, 1.54) is 38.8 Å². The molecule has 0 radical (unpaired) electrons. The van der Waals surface area contributed by atoms with E-state index >= 15 is 0 Å². The van der Waals surface area contributed by atoms with Crippen molar-refractivity contribution in [3.05, 3.63) is 11.8 Å². The van der Waals surface area contributed by atoms with Gasteiger partial charge in [0.2, 0.25) is 5.95 Å². The first-order valence-electron chi connectivity index (χ1n) is 10.1. The second kappa shape index (κ2) is 8.50. The molecule has 7 nitrogen and oxygen atoms in total. The molecule has 3 saturated heterocycles. The Morgan fingerprint density at radius 2 is 1.92 bits per heavy atom. The highest BCUT2D eigenvalue weighted by Crippen LogP contribution is 2.29. The van der Waals surface area contributed by atoms with Gasteiger partial charge in [-0.05, 0) is 45.2 Å². The first-order chi connectivity index (χ1) is 12.8. The molecule has 4 heterocycles. The molecular weight excluding hydrogens is 330 g/mol. The van der Waals surface area contributed by atoms with Crippen molar-refractivity contribution in [1.82, 2.24) is 14.9 Å². The van der Waals surface area contributed by atoms with Crippen LogP contribution in [0.1, 0.15) is 43.7 Å². The second-order valence-electron chi connectivity index (χ2n) is 7.65. The van der Waals surface area contributed by atoms with Crippen molar-refractivity contribution in [2.75, 3.05) is 62.8 Å². The quantitative estimate of drug-likeness (QED) is 0.794. The number of likely N-dealkylation sites (tertiary alicyclic amines) is 1. The highest BCUT2D eigenvalue weighted by molar-refractivity contribution is 5.46. The molecule has 1 aromatic rings. The Morgan fingerprint density at radius 1 is 1.12 bits per heavy atom. The van der Waals surface area contributed by atoms with E-state index in [0.717, 1.165) is 50.3 Å². The zero-order valence-corrected chi connectivity index (χ0v) is 15.6. The van der Waals surface area contributed by atoms with Gasteiger partial charge in [0, 0.05) is 44.3 Å². The zero-order valence-electron chi connectivity index (χ0n) is 15.6. The van der Waals surface area contributed by atoms with E-state index in [1.54, 1.807) is 0 Å². The van der Waals surface area contributed by atoms with Gasteiger partial charge in [0.25, 0.3) is 0 Å². The highest BCUT2D eigenvalue weighted by atomic mass is 16.5. The van der Waals surface area contributed by atoms with Crippen LogP contribution in [-0.4, -0.2) is 78.6 Å². The van der Waals surface area contributed by atoms with Crippen molar-refractivity contribution in [2.24, 2.45) is 0 Å². The van der Waals surface area contributed by atoms with Crippen LogP contribution in [0.4, 0.5) is 11.8 Å². The molecule has 3 fully saturated rings. The Balaban J connectivity index is 1.46. The summed E-state index contributed by atoms with van der Waals surface area (Å²) in [6, 6.07) is 2.89. The van der Waals surface area contributed by atoms with E-state index in [2.05, 4.69) is 26.2 Å². The summed E-state index contributed by atoms with van der Waals surface area (Å²) in [5, 5.41) is 12.2. The SMILES string of the molecule is OCCNc1nc([C@@H]2CCOC2)cc(N2CCC(N3CCCC3)CC2)n1. The number of piperidine rings is 1. The summed E-state index contributed by atoms with van der Waals surface area (Å²) in [6.45, 7) is 6.77. The molecule has 1 atom stereocenters. The van der Waals surface area contributed by atoms with Crippen molar-refractivity contribution in [3.8, 4) is 0 Å². The first kappa shape index (κ1) is 17.9. The molecule has 0 spiro atoms. The third-order valence-corrected chi connectivity index (χ3v) is 5.92. The predicted molar refractivity (Wildman–Crippen MR) is 102 cm³/mol. The topological polar surface area (TPSA) is 73.8 Å². The van der Waals surface area contributed by atoms with E-state index in [0.29, 0.717) is 18.4 Å². The number of anilines is 2. The van der Waals surface area contributed by atoms with Crippen molar-refractivity contribution < 1.29 is 9.84 Å². The number of aliphatic hydroxyl groups excluding tert-OH is 1. The van der Waals surface area contributed by atoms with Crippen LogP contribution in [0.5, 0.6) is 0 Å². The largest absolute Gasteiger partial charge is 0.395 e. The smallest absolute Gasteiger partial charge is 0.224 e. The van der Waals surface area contributed by atoms with Gasteiger partial charge in [-0.15, -0.1) is 0 Å². The molecule has 0 unspecified atom stereocenters. The molecule has 0 saturated carbocycles. The van der Waals surface area contributed by atoms with Gasteiger partial charge >= 0.3 is 0 Å². The maximum absolute atomic E-state index is 9.11. The lowest BCUT2D eigenvalue weighted by Gasteiger charge is -2.37. The molecule has 4 rings (SSSR count).